The van der Waals surface area contributed by atoms with Crippen LogP contribution in [0.2, 0.25) is 0 Å². The molecule has 3 heterocycles. The van der Waals surface area contributed by atoms with E-state index in [0.717, 1.165) is 18.0 Å². The summed E-state index contributed by atoms with van der Waals surface area (Å²) < 4.78 is 14.7. The van der Waals surface area contributed by atoms with E-state index in [0.29, 0.717) is 35.4 Å². The fourth-order valence-corrected chi connectivity index (χ4v) is 2.90. The maximum atomic E-state index is 12.4. The Kier molecular flexibility index (Phi) is 4.14. The Balaban J connectivity index is 1.65. The second kappa shape index (κ2) is 6.22. The Morgan fingerprint density at radius 2 is 2.14 bits per heavy atom. The van der Waals surface area contributed by atoms with Gasteiger partial charge in [-0.15, -0.1) is 5.10 Å². The third-order valence-corrected chi connectivity index (χ3v) is 4.20. The van der Waals surface area contributed by atoms with Crippen molar-refractivity contribution >= 4 is 17.4 Å². The molecule has 8 nitrogen and oxygen atoms in total. The monoisotopic (exact) mass is 321 g/mol. The lowest BCUT2D eigenvalue weighted by Crippen LogP contribution is -2.31. The van der Waals surface area contributed by atoms with E-state index in [-0.39, 0.29) is 12.0 Å². The number of nitrogens with zero attached hydrogens (tertiary/aromatic N) is 5. The Morgan fingerprint density at radius 1 is 1.36 bits per heavy atom. The summed E-state index contributed by atoms with van der Waals surface area (Å²) in [6.07, 6.45) is 3.69. The molecule has 1 saturated heterocycles. The van der Waals surface area contributed by atoms with Gasteiger partial charge in [0.05, 0.1) is 19.3 Å². The first-order valence-corrected chi connectivity index (χ1v) is 7.56. The number of carbonyl (C=O) groups excluding carboxylic acids is 1. The number of rotatable bonds is 4. The van der Waals surface area contributed by atoms with Gasteiger partial charge in [-0.05, 0) is 18.5 Å². The van der Waals surface area contributed by atoms with Crippen molar-refractivity contribution in [2.75, 3.05) is 20.2 Å². The summed E-state index contributed by atoms with van der Waals surface area (Å²) in [6.45, 7) is 2.91. The summed E-state index contributed by atoms with van der Waals surface area (Å²) in [7, 11) is 1.51. The Morgan fingerprint density at radius 3 is 2.82 bits per heavy atom. The van der Waals surface area contributed by atoms with Gasteiger partial charge in [0.25, 0.3) is 17.7 Å². The smallest absolute Gasteiger partial charge is 0.278 e. The van der Waals surface area contributed by atoms with Crippen molar-refractivity contribution in [1.82, 2.24) is 24.5 Å². The summed E-state index contributed by atoms with van der Waals surface area (Å²) in [5.74, 6) is 0.638. The number of likely N-dealkylation sites (tertiary alicyclic amines) is 1. The van der Waals surface area contributed by atoms with Crippen molar-refractivity contribution in [3.8, 4) is 11.8 Å². The molecular weight excluding hydrogens is 306 g/mol. The quantitative estimate of drug-likeness (QED) is 0.827. The number of carbonyl (C=O) groups is 1. The molecule has 0 spiro atoms. The Hall–Kier alpha value is -2.29. The molecule has 1 fully saturated rings. The van der Waals surface area contributed by atoms with E-state index in [1.54, 1.807) is 18.0 Å². The second-order valence-electron chi connectivity index (χ2n) is 4.84. The van der Waals surface area contributed by atoms with Crippen LogP contribution in [0.4, 0.5) is 0 Å². The molecule has 2 aromatic rings. The van der Waals surface area contributed by atoms with Gasteiger partial charge >= 0.3 is 0 Å². The van der Waals surface area contributed by atoms with Gasteiger partial charge in [-0.25, -0.2) is 9.97 Å². The zero-order valence-corrected chi connectivity index (χ0v) is 13.0. The van der Waals surface area contributed by atoms with Crippen LogP contribution in [0.3, 0.4) is 0 Å². The highest BCUT2D eigenvalue weighted by Gasteiger charge is 2.31. The number of ether oxygens (including phenoxy) is 2. The highest BCUT2D eigenvalue weighted by Crippen LogP contribution is 2.25. The van der Waals surface area contributed by atoms with Gasteiger partial charge < -0.3 is 14.4 Å². The highest BCUT2D eigenvalue weighted by molar-refractivity contribution is 7.07. The Bertz CT molecular complexity index is 677. The third-order valence-electron chi connectivity index (χ3n) is 3.38. The summed E-state index contributed by atoms with van der Waals surface area (Å²) in [6, 6.07) is 0. The van der Waals surface area contributed by atoms with Crippen molar-refractivity contribution in [2.45, 2.75) is 19.4 Å². The first-order chi connectivity index (χ1) is 10.7. The maximum Gasteiger partial charge on any atom is 0.278 e. The van der Waals surface area contributed by atoms with Crippen LogP contribution in [0.5, 0.6) is 11.8 Å². The molecule has 0 N–H and O–H groups in total. The third kappa shape index (κ3) is 2.84. The van der Waals surface area contributed by atoms with Crippen molar-refractivity contribution in [1.29, 1.82) is 0 Å². The lowest BCUT2D eigenvalue weighted by molar-refractivity contribution is 0.0774. The van der Waals surface area contributed by atoms with Crippen LogP contribution in [0.25, 0.3) is 0 Å². The van der Waals surface area contributed by atoms with E-state index in [1.807, 2.05) is 0 Å². The topological polar surface area (TPSA) is 90.3 Å². The van der Waals surface area contributed by atoms with Gasteiger partial charge in [0.2, 0.25) is 0 Å². The lowest BCUT2D eigenvalue weighted by atomic mass is 10.3. The number of aromatic nitrogens is 4. The molecule has 116 valence electrons. The largest absolute Gasteiger partial charge is 0.477 e. The van der Waals surface area contributed by atoms with E-state index >= 15 is 0 Å². The van der Waals surface area contributed by atoms with Gasteiger partial charge in [-0.2, -0.15) is 0 Å². The van der Waals surface area contributed by atoms with Gasteiger partial charge in [0.15, 0.2) is 0 Å². The Labute approximate surface area is 131 Å². The van der Waals surface area contributed by atoms with E-state index in [1.165, 1.54) is 13.3 Å². The minimum atomic E-state index is -0.129. The van der Waals surface area contributed by atoms with Gasteiger partial charge in [0, 0.05) is 25.4 Å². The van der Waals surface area contributed by atoms with Crippen LogP contribution < -0.4 is 9.47 Å². The lowest BCUT2D eigenvalue weighted by Gasteiger charge is -2.16. The predicted molar refractivity (Wildman–Crippen MR) is 78.2 cm³/mol. The number of methoxy groups -OCH3 is 1. The molecule has 22 heavy (non-hydrogen) atoms. The molecule has 0 aromatic carbocycles. The predicted octanol–water partition coefficient (Wildman–Crippen LogP) is 0.939. The summed E-state index contributed by atoms with van der Waals surface area (Å²) in [5.41, 5.74) is 0.662. The molecule has 0 radical (unpaired) electrons. The molecule has 0 unspecified atom stereocenters. The molecule has 1 amide bonds. The average Bonchev–Trinajstić information content (AvgIpc) is 3.16. The van der Waals surface area contributed by atoms with Crippen LogP contribution in [0.15, 0.2) is 12.4 Å². The molecule has 3 rings (SSSR count). The SMILES string of the molecule is COc1nccnc1O[C@H]1CCN(C(=O)c2snnc2C)C1. The second-order valence-corrected chi connectivity index (χ2v) is 5.59. The molecule has 2 aromatic heterocycles. The van der Waals surface area contributed by atoms with Crippen LogP contribution in [-0.2, 0) is 0 Å². The van der Waals surface area contributed by atoms with Crippen molar-refractivity contribution in [2.24, 2.45) is 0 Å². The summed E-state index contributed by atoms with van der Waals surface area (Å²) >= 11 is 1.12. The molecule has 1 aliphatic heterocycles. The number of hydrogen-bond acceptors (Lipinski definition) is 8. The number of hydrogen-bond donors (Lipinski definition) is 0. The minimum Gasteiger partial charge on any atom is -0.477 e. The molecule has 1 aliphatic rings. The number of amides is 1. The van der Waals surface area contributed by atoms with Crippen molar-refractivity contribution in [3.05, 3.63) is 23.0 Å². The minimum absolute atomic E-state index is 0.0512. The van der Waals surface area contributed by atoms with Crippen LogP contribution in [0.1, 0.15) is 21.8 Å². The summed E-state index contributed by atoms with van der Waals surface area (Å²) in [4.78, 5) is 22.9. The average molecular weight is 321 g/mol. The van der Waals surface area contributed by atoms with Crippen molar-refractivity contribution in [3.63, 3.8) is 0 Å². The molecule has 1 atom stereocenters. The van der Waals surface area contributed by atoms with Gasteiger partial charge in [0.1, 0.15) is 11.0 Å². The zero-order chi connectivity index (χ0) is 15.5. The van der Waals surface area contributed by atoms with E-state index < -0.39 is 0 Å². The van der Waals surface area contributed by atoms with E-state index in [2.05, 4.69) is 19.6 Å². The fraction of sp³-hybridized carbons (Fsp3) is 0.462. The van der Waals surface area contributed by atoms with E-state index in [4.69, 9.17) is 9.47 Å². The first-order valence-electron chi connectivity index (χ1n) is 6.79. The van der Waals surface area contributed by atoms with Crippen LogP contribution in [0, 0.1) is 6.92 Å². The summed E-state index contributed by atoms with van der Waals surface area (Å²) in [5, 5.41) is 3.87. The fourth-order valence-electron chi connectivity index (χ4n) is 2.27. The normalized spacial score (nSPS) is 17.5. The highest BCUT2D eigenvalue weighted by atomic mass is 32.1. The maximum absolute atomic E-state index is 12.4. The van der Waals surface area contributed by atoms with Crippen molar-refractivity contribution < 1.29 is 14.3 Å². The molecule has 0 aliphatic carbocycles. The van der Waals surface area contributed by atoms with Gasteiger partial charge in [-0.3, -0.25) is 4.79 Å². The number of aryl methyl sites for hydroxylation is 1. The molecule has 0 bridgehead atoms. The first kappa shape index (κ1) is 14.6. The zero-order valence-electron chi connectivity index (χ0n) is 12.2. The standard InChI is InChI=1S/C13H15N5O3S/c1-8-10(22-17-16-8)13(19)18-6-3-9(7-18)21-12-11(20-2)14-4-5-15-12/h4-5,9H,3,6-7H2,1-2H3/t9-/m0/s1. The van der Waals surface area contributed by atoms with Gasteiger partial charge in [-0.1, -0.05) is 4.49 Å². The van der Waals surface area contributed by atoms with E-state index in [9.17, 15) is 4.79 Å². The molecule has 9 heteroatoms. The van der Waals surface area contributed by atoms with Crippen LogP contribution in [-0.4, -0.2) is 56.7 Å². The molecular formula is C13H15N5O3S. The van der Waals surface area contributed by atoms with Crippen LogP contribution >= 0.6 is 11.5 Å². The molecule has 0 saturated carbocycles.